The summed E-state index contributed by atoms with van der Waals surface area (Å²) in [7, 11) is 0. The molecule has 0 atom stereocenters. The van der Waals surface area contributed by atoms with Crippen LogP contribution in [0.5, 0.6) is 0 Å². The van der Waals surface area contributed by atoms with Crippen LogP contribution in [-0.4, -0.2) is 20.3 Å². The quantitative estimate of drug-likeness (QED) is 0.618. The Hall–Kier alpha value is -2.08. The Bertz CT molecular complexity index is 955. The second-order valence-corrected chi connectivity index (χ2v) is 7.07. The van der Waals surface area contributed by atoms with E-state index in [-0.39, 0.29) is 24.6 Å². The molecule has 0 bridgehead atoms. The lowest BCUT2D eigenvalue weighted by Crippen LogP contribution is -2.13. The molecule has 5 nitrogen and oxygen atoms in total. The maximum absolute atomic E-state index is 12.3. The fourth-order valence-electron chi connectivity index (χ4n) is 2.54. The van der Waals surface area contributed by atoms with Gasteiger partial charge in [-0.05, 0) is 23.8 Å². The van der Waals surface area contributed by atoms with Crippen LogP contribution in [0.4, 0.5) is 5.82 Å². The number of hydrogen-bond donors (Lipinski definition) is 1. The average Bonchev–Trinajstić information content (AvgIpc) is 3.00. The Morgan fingerprint density at radius 2 is 1.88 bits per heavy atom. The summed E-state index contributed by atoms with van der Waals surface area (Å²) in [5.41, 5.74) is 8.19. The van der Waals surface area contributed by atoms with Crippen molar-refractivity contribution < 1.29 is 4.79 Å². The first-order valence-electron chi connectivity index (χ1n) is 7.78. The van der Waals surface area contributed by atoms with E-state index in [9.17, 15) is 4.79 Å². The number of hydrogen-bond acceptors (Lipinski definition) is 4. The first-order valence-corrected chi connectivity index (χ1v) is 8.91. The third kappa shape index (κ3) is 4.75. The molecule has 2 aromatic heterocycles. The SMILES string of the molecule is Nc1nc(Cl)ccc1CC(=O)Cn1cnc(Cc2ccc(Cl)cc2Cl)c1. The minimum Gasteiger partial charge on any atom is -0.383 e. The van der Waals surface area contributed by atoms with Gasteiger partial charge in [-0.15, -0.1) is 0 Å². The Morgan fingerprint density at radius 1 is 1.12 bits per heavy atom. The predicted octanol–water partition coefficient (Wildman–Crippen LogP) is 4.22. The Labute approximate surface area is 165 Å². The number of nitrogen functional groups attached to an aromatic ring is 1. The van der Waals surface area contributed by atoms with Gasteiger partial charge in [-0.2, -0.15) is 0 Å². The number of carbonyl (C=O) groups excluding carboxylic acids is 1. The van der Waals surface area contributed by atoms with E-state index >= 15 is 0 Å². The van der Waals surface area contributed by atoms with Crippen molar-refractivity contribution in [2.75, 3.05) is 5.73 Å². The number of nitrogens with zero attached hydrogens (tertiary/aromatic N) is 3. The lowest BCUT2D eigenvalue weighted by Gasteiger charge is -2.05. The first-order chi connectivity index (χ1) is 12.4. The highest BCUT2D eigenvalue weighted by Crippen LogP contribution is 2.23. The van der Waals surface area contributed by atoms with Crippen molar-refractivity contribution in [3.63, 3.8) is 0 Å². The number of carbonyl (C=O) groups is 1. The van der Waals surface area contributed by atoms with Crippen LogP contribution in [0.25, 0.3) is 0 Å². The zero-order valence-electron chi connectivity index (χ0n) is 13.6. The molecule has 1 aromatic carbocycles. The van der Waals surface area contributed by atoms with Gasteiger partial charge in [-0.3, -0.25) is 4.79 Å². The van der Waals surface area contributed by atoms with E-state index in [1.165, 1.54) is 0 Å². The Kier molecular flexibility index (Phi) is 5.81. The lowest BCUT2D eigenvalue weighted by atomic mass is 10.1. The van der Waals surface area contributed by atoms with E-state index in [1.54, 1.807) is 35.2 Å². The molecule has 0 fully saturated rings. The van der Waals surface area contributed by atoms with Crippen LogP contribution in [0.15, 0.2) is 42.9 Å². The van der Waals surface area contributed by atoms with Gasteiger partial charge in [-0.1, -0.05) is 46.9 Å². The Balaban J connectivity index is 1.63. The Morgan fingerprint density at radius 3 is 2.62 bits per heavy atom. The molecule has 26 heavy (non-hydrogen) atoms. The fourth-order valence-corrected chi connectivity index (χ4v) is 3.17. The molecule has 0 saturated heterocycles. The van der Waals surface area contributed by atoms with Gasteiger partial charge >= 0.3 is 0 Å². The third-order valence-electron chi connectivity index (χ3n) is 3.80. The summed E-state index contributed by atoms with van der Waals surface area (Å²) in [6, 6.07) is 8.68. The van der Waals surface area contributed by atoms with Crippen molar-refractivity contribution in [1.29, 1.82) is 0 Å². The van der Waals surface area contributed by atoms with Gasteiger partial charge in [0.05, 0.1) is 18.6 Å². The number of aromatic nitrogens is 3. The van der Waals surface area contributed by atoms with Crippen LogP contribution in [-0.2, 0) is 24.2 Å². The van der Waals surface area contributed by atoms with Crippen molar-refractivity contribution in [2.24, 2.45) is 0 Å². The van der Waals surface area contributed by atoms with Crippen molar-refractivity contribution >= 4 is 46.4 Å². The molecule has 3 rings (SSSR count). The molecule has 0 amide bonds. The van der Waals surface area contributed by atoms with Gasteiger partial charge in [0.1, 0.15) is 11.0 Å². The van der Waals surface area contributed by atoms with Crippen LogP contribution in [0, 0.1) is 0 Å². The van der Waals surface area contributed by atoms with Crippen LogP contribution in [0.2, 0.25) is 15.2 Å². The number of Topliss-reactive ketones (excluding diaryl/α,β-unsaturated/α-hetero) is 1. The van der Waals surface area contributed by atoms with E-state index in [4.69, 9.17) is 40.5 Å². The van der Waals surface area contributed by atoms with Crippen molar-refractivity contribution in [3.05, 3.63) is 74.9 Å². The van der Waals surface area contributed by atoms with Crippen molar-refractivity contribution in [3.8, 4) is 0 Å². The third-order valence-corrected chi connectivity index (χ3v) is 4.60. The van der Waals surface area contributed by atoms with Crippen LogP contribution in [0.3, 0.4) is 0 Å². The molecular weight excluding hydrogens is 395 g/mol. The molecule has 0 radical (unpaired) electrons. The molecule has 0 spiro atoms. The summed E-state index contributed by atoms with van der Waals surface area (Å²) in [5, 5.41) is 1.48. The number of anilines is 1. The highest BCUT2D eigenvalue weighted by Gasteiger charge is 2.11. The smallest absolute Gasteiger partial charge is 0.157 e. The number of imidazole rings is 1. The molecule has 0 aliphatic heterocycles. The minimum atomic E-state index is -0.00528. The van der Waals surface area contributed by atoms with E-state index in [2.05, 4.69) is 9.97 Å². The highest BCUT2D eigenvalue weighted by atomic mass is 35.5. The molecule has 3 aromatic rings. The summed E-state index contributed by atoms with van der Waals surface area (Å²) in [6.07, 6.45) is 4.20. The van der Waals surface area contributed by atoms with Crippen LogP contribution < -0.4 is 5.73 Å². The van der Waals surface area contributed by atoms with E-state index in [0.29, 0.717) is 27.2 Å². The highest BCUT2D eigenvalue weighted by molar-refractivity contribution is 6.35. The summed E-state index contributed by atoms with van der Waals surface area (Å²) >= 11 is 17.9. The monoisotopic (exact) mass is 408 g/mol. The summed E-state index contributed by atoms with van der Waals surface area (Å²) < 4.78 is 1.74. The van der Waals surface area contributed by atoms with Crippen LogP contribution >= 0.6 is 34.8 Å². The van der Waals surface area contributed by atoms with Gasteiger partial charge in [-0.25, -0.2) is 9.97 Å². The van der Waals surface area contributed by atoms with Crippen molar-refractivity contribution in [2.45, 2.75) is 19.4 Å². The second kappa shape index (κ2) is 8.08. The van der Waals surface area contributed by atoms with Gasteiger partial charge in [0.25, 0.3) is 0 Å². The molecule has 0 unspecified atom stereocenters. The van der Waals surface area contributed by atoms with Gasteiger partial charge < -0.3 is 10.3 Å². The van der Waals surface area contributed by atoms with E-state index < -0.39 is 0 Å². The van der Waals surface area contributed by atoms with E-state index in [0.717, 1.165) is 11.3 Å². The zero-order chi connectivity index (χ0) is 18.7. The zero-order valence-corrected chi connectivity index (χ0v) is 15.9. The van der Waals surface area contributed by atoms with Crippen molar-refractivity contribution in [1.82, 2.24) is 14.5 Å². The second-order valence-electron chi connectivity index (χ2n) is 5.84. The molecule has 2 N–H and O–H groups in total. The maximum atomic E-state index is 12.3. The number of pyridine rings is 1. The molecule has 0 saturated carbocycles. The minimum absolute atomic E-state index is 0.00528. The number of rotatable bonds is 6. The average molecular weight is 410 g/mol. The summed E-state index contributed by atoms with van der Waals surface area (Å²) in [6.45, 7) is 0.198. The fraction of sp³-hybridized carbons (Fsp3) is 0.167. The topological polar surface area (TPSA) is 73.8 Å². The predicted molar refractivity (Wildman–Crippen MR) is 104 cm³/mol. The first kappa shape index (κ1) is 18.7. The molecule has 134 valence electrons. The maximum Gasteiger partial charge on any atom is 0.157 e. The summed E-state index contributed by atoms with van der Waals surface area (Å²) in [4.78, 5) is 20.6. The number of nitrogens with two attached hydrogens (primary N) is 1. The van der Waals surface area contributed by atoms with E-state index in [1.807, 2.05) is 12.3 Å². The lowest BCUT2D eigenvalue weighted by molar-refractivity contribution is -0.119. The summed E-state index contributed by atoms with van der Waals surface area (Å²) in [5.74, 6) is 0.267. The number of ketones is 1. The number of benzene rings is 1. The molecule has 0 aliphatic rings. The normalized spacial score (nSPS) is 10.9. The molecule has 2 heterocycles. The van der Waals surface area contributed by atoms with Gasteiger partial charge in [0.15, 0.2) is 5.78 Å². The molecular formula is C18H15Cl3N4O. The largest absolute Gasteiger partial charge is 0.383 e. The number of halogens is 3. The van der Waals surface area contributed by atoms with Crippen LogP contribution in [0.1, 0.15) is 16.8 Å². The molecule has 8 heteroatoms. The standard InChI is InChI=1S/C18H15Cl3N4O/c19-13-3-1-11(16(20)7-13)5-14-8-25(10-23-14)9-15(26)6-12-2-4-17(21)24-18(12)22/h1-4,7-8,10H,5-6,9H2,(H2,22,24). The molecule has 0 aliphatic carbocycles. The van der Waals surface area contributed by atoms with Gasteiger partial charge in [0.2, 0.25) is 0 Å². The van der Waals surface area contributed by atoms with Gasteiger partial charge in [0, 0.05) is 34.6 Å².